The topological polar surface area (TPSA) is 29.3 Å². The first-order valence-electron chi connectivity index (χ1n) is 6.73. The second kappa shape index (κ2) is 6.53. The zero-order valence-corrected chi connectivity index (χ0v) is 11.7. The molecule has 0 aliphatic carbocycles. The smallest absolute Gasteiger partial charge is 0.0602 e. The van der Waals surface area contributed by atoms with E-state index in [-0.39, 0.29) is 0 Å². The fraction of sp³-hybridized carbons (Fsp3) is 0.600. The van der Waals surface area contributed by atoms with Crippen molar-refractivity contribution >= 4 is 11.4 Å². The van der Waals surface area contributed by atoms with E-state index in [4.69, 9.17) is 5.73 Å². The molecule has 2 heteroatoms. The van der Waals surface area contributed by atoms with Crippen LogP contribution < -0.4 is 10.6 Å². The van der Waals surface area contributed by atoms with Gasteiger partial charge in [0.25, 0.3) is 0 Å². The van der Waals surface area contributed by atoms with E-state index in [1.165, 1.54) is 24.1 Å². The Morgan fingerprint density at radius 2 is 1.82 bits per heavy atom. The molecule has 1 aromatic rings. The van der Waals surface area contributed by atoms with Crippen LogP contribution in [0.25, 0.3) is 0 Å². The molecule has 0 spiro atoms. The molecule has 0 unspecified atom stereocenters. The standard InChI is InChI=1S/C15H26N2/c1-5-13(6-2)11-17(7-3)15-10-12(4)8-9-14(15)16/h8-10,13H,5-7,11,16H2,1-4H3. The van der Waals surface area contributed by atoms with E-state index in [0.717, 1.165) is 24.7 Å². The largest absolute Gasteiger partial charge is 0.397 e. The summed E-state index contributed by atoms with van der Waals surface area (Å²) in [5.74, 6) is 0.759. The minimum absolute atomic E-state index is 0.759. The Bertz CT molecular complexity index is 343. The molecule has 0 bridgehead atoms. The first-order valence-corrected chi connectivity index (χ1v) is 6.73. The van der Waals surface area contributed by atoms with E-state index in [2.05, 4.69) is 44.7 Å². The lowest BCUT2D eigenvalue weighted by Crippen LogP contribution is -2.29. The number of nitrogens with two attached hydrogens (primary N) is 1. The highest BCUT2D eigenvalue weighted by atomic mass is 15.1. The quantitative estimate of drug-likeness (QED) is 0.758. The highest BCUT2D eigenvalue weighted by Crippen LogP contribution is 2.26. The normalized spacial score (nSPS) is 10.9. The summed E-state index contributed by atoms with van der Waals surface area (Å²) in [5, 5.41) is 0. The molecule has 2 N–H and O–H groups in total. The summed E-state index contributed by atoms with van der Waals surface area (Å²) in [5.41, 5.74) is 9.44. The lowest BCUT2D eigenvalue weighted by atomic mass is 10.0. The molecule has 0 aromatic heterocycles. The molecule has 0 atom stereocenters. The maximum atomic E-state index is 6.08. The molecular weight excluding hydrogens is 208 g/mol. The first kappa shape index (κ1) is 13.9. The summed E-state index contributed by atoms with van der Waals surface area (Å²) in [4.78, 5) is 2.40. The Balaban J connectivity index is 2.89. The van der Waals surface area contributed by atoms with Crippen molar-refractivity contribution < 1.29 is 0 Å². The predicted molar refractivity (Wildman–Crippen MR) is 77.6 cm³/mol. The van der Waals surface area contributed by atoms with E-state index in [1.807, 2.05) is 6.07 Å². The van der Waals surface area contributed by atoms with Gasteiger partial charge >= 0.3 is 0 Å². The van der Waals surface area contributed by atoms with Crippen LogP contribution in [0.1, 0.15) is 39.2 Å². The van der Waals surface area contributed by atoms with Crippen molar-refractivity contribution in [3.63, 3.8) is 0 Å². The van der Waals surface area contributed by atoms with Crippen LogP contribution in [0.4, 0.5) is 11.4 Å². The van der Waals surface area contributed by atoms with Gasteiger partial charge in [-0.15, -0.1) is 0 Å². The third-order valence-corrected chi connectivity index (χ3v) is 3.54. The lowest BCUT2D eigenvalue weighted by molar-refractivity contribution is 0.486. The van der Waals surface area contributed by atoms with Crippen LogP contribution in [0.5, 0.6) is 0 Å². The summed E-state index contributed by atoms with van der Waals surface area (Å²) in [6.07, 6.45) is 2.47. The Morgan fingerprint density at radius 3 is 2.35 bits per heavy atom. The van der Waals surface area contributed by atoms with Crippen molar-refractivity contribution in [2.24, 2.45) is 5.92 Å². The van der Waals surface area contributed by atoms with Crippen molar-refractivity contribution in [3.05, 3.63) is 23.8 Å². The van der Waals surface area contributed by atoms with Crippen molar-refractivity contribution in [2.75, 3.05) is 23.7 Å². The Morgan fingerprint density at radius 1 is 1.18 bits per heavy atom. The van der Waals surface area contributed by atoms with Crippen LogP contribution in [0, 0.1) is 12.8 Å². The molecule has 0 radical (unpaired) electrons. The SMILES string of the molecule is CCC(CC)CN(CC)c1cc(C)ccc1N. The van der Waals surface area contributed by atoms with Gasteiger partial charge in [-0.2, -0.15) is 0 Å². The number of nitrogens with zero attached hydrogens (tertiary/aromatic N) is 1. The minimum Gasteiger partial charge on any atom is -0.397 e. The Hall–Kier alpha value is -1.18. The molecule has 1 aromatic carbocycles. The van der Waals surface area contributed by atoms with Crippen LogP contribution in [0.15, 0.2) is 18.2 Å². The average molecular weight is 234 g/mol. The van der Waals surface area contributed by atoms with E-state index in [9.17, 15) is 0 Å². The summed E-state index contributed by atoms with van der Waals surface area (Å²) < 4.78 is 0. The first-order chi connectivity index (χ1) is 8.12. The van der Waals surface area contributed by atoms with Crippen LogP contribution in [-0.4, -0.2) is 13.1 Å². The molecule has 1 rings (SSSR count). The third-order valence-electron chi connectivity index (χ3n) is 3.54. The molecule has 0 aliphatic rings. The number of rotatable bonds is 6. The second-order valence-corrected chi connectivity index (χ2v) is 4.78. The fourth-order valence-electron chi connectivity index (χ4n) is 2.18. The number of hydrogen-bond donors (Lipinski definition) is 1. The molecule has 17 heavy (non-hydrogen) atoms. The molecule has 0 fully saturated rings. The zero-order chi connectivity index (χ0) is 12.8. The van der Waals surface area contributed by atoms with Crippen LogP contribution in [0.2, 0.25) is 0 Å². The number of anilines is 2. The van der Waals surface area contributed by atoms with Crippen LogP contribution in [0.3, 0.4) is 0 Å². The molecule has 0 saturated heterocycles. The van der Waals surface area contributed by atoms with E-state index < -0.39 is 0 Å². The Kier molecular flexibility index (Phi) is 5.33. The molecule has 0 aliphatic heterocycles. The van der Waals surface area contributed by atoms with Gasteiger partial charge in [0.05, 0.1) is 11.4 Å². The molecule has 0 amide bonds. The van der Waals surface area contributed by atoms with Gasteiger partial charge in [0.1, 0.15) is 0 Å². The molecular formula is C15H26N2. The number of benzene rings is 1. The van der Waals surface area contributed by atoms with Gasteiger partial charge in [-0.25, -0.2) is 0 Å². The van der Waals surface area contributed by atoms with E-state index in [1.54, 1.807) is 0 Å². The van der Waals surface area contributed by atoms with Crippen LogP contribution >= 0.6 is 0 Å². The van der Waals surface area contributed by atoms with Gasteiger partial charge in [-0.1, -0.05) is 32.8 Å². The lowest BCUT2D eigenvalue weighted by Gasteiger charge is -2.28. The highest BCUT2D eigenvalue weighted by Gasteiger charge is 2.12. The minimum atomic E-state index is 0.759. The van der Waals surface area contributed by atoms with Crippen molar-refractivity contribution in [2.45, 2.75) is 40.5 Å². The number of hydrogen-bond acceptors (Lipinski definition) is 2. The van der Waals surface area contributed by atoms with Gasteiger partial charge in [-0.05, 0) is 37.5 Å². The van der Waals surface area contributed by atoms with Gasteiger partial charge < -0.3 is 10.6 Å². The summed E-state index contributed by atoms with van der Waals surface area (Å²) in [7, 11) is 0. The summed E-state index contributed by atoms with van der Waals surface area (Å²) in [6.45, 7) is 11.0. The van der Waals surface area contributed by atoms with Gasteiger partial charge in [0.15, 0.2) is 0 Å². The Labute approximate surface area is 106 Å². The maximum Gasteiger partial charge on any atom is 0.0602 e. The van der Waals surface area contributed by atoms with Gasteiger partial charge in [0, 0.05) is 13.1 Å². The fourth-order valence-corrected chi connectivity index (χ4v) is 2.18. The van der Waals surface area contributed by atoms with E-state index >= 15 is 0 Å². The van der Waals surface area contributed by atoms with Crippen LogP contribution in [-0.2, 0) is 0 Å². The predicted octanol–water partition coefficient (Wildman–Crippen LogP) is 3.84. The summed E-state index contributed by atoms with van der Waals surface area (Å²) >= 11 is 0. The van der Waals surface area contributed by atoms with E-state index in [0.29, 0.717) is 0 Å². The van der Waals surface area contributed by atoms with Crippen molar-refractivity contribution in [1.29, 1.82) is 0 Å². The number of nitrogen functional groups attached to an aromatic ring is 1. The molecule has 0 saturated carbocycles. The maximum absolute atomic E-state index is 6.08. The molecule has 0 heterocycles. The third kappa shape index (κ3) is 3.65. The highest BCUT2D eigenvalue weighted by molar-refractivity contribution is 5.68. The average Bonchev–Trinajstić information content (AvgIpc) is 2.34. The number of aryl methyl sites for hydroxylation is 1. The van der Waals surface area contributed by atoms with Gasteiger partial charge in [0.2, 0.25) is 0 Å². The van der Waals surface area contributed by atoms with Crippen molar-refractivity contribution in [1.82, 2.24) is 0 Å². The monoisotopic (exact) mass is 234 g/mol. The zero-order valence-electron chi connectivity index (χ0n) is 11.7. The second-order valence-electron chi connectivity index (χ2n) is 4.78. The molecule has 2 nitrogen and oxygen atoms in total. The van der Waals surface area contributed by atoms with Gasteiger partial charge in [-0.3, -0.25) is 0 Å². The molecule has 96 valence electrons. The summed E-state index contributed by atoms with van der Waals surface area (Å²) in [6, 6.07) is 6.28. The van der Waals surface area contributed by atoms with Crippen molar-refractivity contribution in [3.8, 4) is 0 Å².